The van der Waals surface area contributed by atoms with E-state index in [4.69, 9.17) is 16.3 Å². The number of methoxy groups -OCH3 is 1. The van der Waals surface area contributed by atoms with Crippen LogP contribution in [0.2, 0.25) is 0 Å². The lowest BCUT2D eigenvalue weighted by molar-refractivity contribution is 0.414. The lowest BCUT2D eigenvalue weighted by Gasteiger charge is -2.04. The van der Waals surface area contributed by atoms with Gasteiger partial charge in [0.2, 0.25) is 0 Å². The Bertz CT molecular complexity index is 296. The van der Waals surface area contributed by atoms with E-state index in [1.54, 1.807) is 7.11 Å². The first-order valence-electron chi connectivity index (χ1n) is 4.12. The summed E-state index contributed by atoms with van der Waals surface area (Å²) >= 11 is 6.10. The molecular formula is C10H11ClO. The Kier molecular flexibility index (Phi) is 1.97. The zero-order chi connectivity index (χ0) is 8.55. The van der Waals surface area contributed by atoms with Crippen LogP contribution in [-0.4, -0.2) is 7.11 Å². The molecule has 0 amide bonds. The van der Waals surface area contributed by atoms with Gasteiger partial charge in [0.05, 0.1) is 12.5 Å². The van der Waals surface area contributed by atoms with Gasteiger partial charge in [0.1, 0.15) is 5.75 Å². The molecule has 0 aromatic heterocycles. The highest BCUT2D eigenvalue weighted by molar-refractivity contribution is 6.21. The van der Waals surface area contributed by atoms with E-state index in [0.29, 0.717) is 0 Å². The molecular weight excluding hydrogens is 172 g/mol. The first-order valence-corrected chi connectivity index (χ1v) is 4.56. The van der Waals surface area contributed by atoms with Crippen molar-refractivity contribution >= 4 is 11.6 Å². The Morgan fingerprint density at radius 1 is 1.50 bits per heavy atom. The summed E-state index contributed by atoms with van der Waals surface area (Å²) < 4.78 is 5.13. The van der Waals surface area contributed by atoms with Crippen molar-refractivity contribution in [2.75, 3.05) is 7.11 Å². The van der Waals surface area contributed by atoms with Gasteiger partial charge in [-0.05, 0) is 36.1 Å². The number of alkyl halides is 1. The molecule has 0 spiro atoms. The standard InChI is InChI=1S/C10H11ClO/c1-12-8-3-4-9-7(6-8)2-5-10(9)11/h3-4,6,10H,2,5H2,1H3. The molecule has 1 atom stereocenters. The maximum atomic E-state index is 6.10. The molecule has 2 heteroatoms. The lowest BCUT2D eigenvalue weighted by atomic mass is 10.1. The molecule has 0 saturated heterocycles. The van der Waals surface area contributed by atoms with Gasteiger partial charge in [-0.3, -0.25) is 0 Å². The number of aryl methyl sites for hydroxylation is 1. The fourth-order valence-electron chi connectivity index (χ4n) is 1.67. The van der Waals surface area contributed by atoms with Crippen LogP contribution in [0.5, 0.6) is 5.75 Å². The topological polar surface area (TPSA) is 9.23 Å². The zero-order valence-corrected chi connectivity index (χ0v) is 7.77. The van der Waals surface area contributed by atoms with Crippen molar-refractivity contribution in [3.05, 3.63) is 29.3 Å². The smallest absolute Gasteiger partial charge is 0.119 e. The summed E-state index contributed by atoms with van der Waals surface area (Å²) in [4.78, 5) is 0. The van der Waals surface area contributed by atoms with E-state index in [-0.39, 0.29) is 5.38 Å². The fourth-order valence-corrected chi connectivity index (χ4v) is 1.99. The predicted molar refractivity (Wildman–Crippen MR) is 49.9 cm³/mol. The molecule has 0 saturated carbocycles. The molecule has 1 aliphatic carbocycles. The molecule has 0 N–H and O–H groups in total. The van der Waals surface area contributed by atoms with E-state index in [1.807, 2.05) is 6.07 Å². The first kappa shape index (κ1) is 7.93. The van der Waals surface area contributed by atoms with Gasteiger partial charge in [-0.25, -0.2) is 0 Å². The second kappa shape index (κ2) is 2.98. The van der Waals surface area contributed by atoms with Gasteiger partial charge < -0.3 is 4.74 Å². The van der Waals surface area contributed by atoms with E-state index in [1.165, 1.54) is 11.1 Å². The summed E-state index contributed by atoms with van der Waals surface area (Å²) in [5.74, 6) is 0.930. The third-order valence-electron chi connectivity index (χ3n) is 2.35. The quantitative estimate of drug-likeness (QED) is 0.607. The highest BCUT2D eigenvalue weighted by Crippen LogP contribution is 2.37. The van der Waals surface area contributed by atoms with E-state index in [2.05, 4.69) is 12.1 Å². The summed E-state index contributed by atoms with van der Waals surface area (Å²) in [5, 5.41) is 0.214. The number of fused-ring (bicyclic) bond motifs is 1. The second-order valence-electron chi connectivity index (χ2n) is 3.07. The molecule has 0 fully saturated rings. The molecule has 1 aliphatic rings. The maximum absolute atomic E-state index is 6.10. The van der Waals surface area contributed by atoms with Crippen molar-refractivity contribution in [2.24, 2.45) is 0 Å². The minimum absolute atomic E-state index is 0.214. The molecule has 1 nitrogen and oxygen atoms in total. The van der Waals surface area contributed by atoms with Crippen molar-refractivity contribution in [3.8, 4) is 5.75 Å². The third kappa shape index (κ3) is 1.18. The molecule has 1 unspecified atom stereocenters. The van der Waals surface area contributed by atoms with E-state index in [0.717, 1.165) is 18.6 Å². The Balaban J connectivity index is 2.41. The van der Waals surface area contributed by atoms with Crippen LogP contribution in [0.15, 0.2) is 18.2 Å². The lowest BCUT2D eigenvalue weighted by Crippen LogP contribution is -1.87. The van der Waals surface area contributed by atoms with Crippen LogP contribution in [0, 0.1) is 0 Å². The van der Waals surface area contributed by atoms with Crippen molar-refractivity contribution < 1.29 is 4.74 Å². The maximum Gasteiger partial charge on any atom is 0.119 e. The number of hydrogen-bond donors (Lipinski definition) is 0. The number of hydrogen-bond acceptors (Lipinski definition) is 1. The van der Waals surface area contributed by atoms with Crippen molar-refractivity contribution in [3.63, 3.8) is 0 Å². The van der Waals surface area contributed by atoms with Crippen LogP contribution >= 0.6 is 11.6 Å². The third-order valence-corrected chi connectivity index (χ3v) is 2.81. The van der Waals surface area contributed by atoms with Gasteiger partial charge >= 0.3 is 0 Å². The molecule has 0 radical (unpaired) electrons. The zero-order valence-electron chi connectivity index (χ0n) is 7.01. The summed E-state index contributed by atoms with van der Waals surface area (Å²) in [6.07, 6.45) is 2.14. The van der Waals surface area contributed by atoms with Crippen LogP contribution in [0.25, 0.3) is 0 Å². The Hall–Kier alpha value is -0.690. The monoisotopic (exact) mass is 182 g/mol. The summed E-state index contributed by atoms with van der Waals surface area (Å²) in [6, 6.07) is 6.12. The van der Waals surface area contributed by atoms with E-state index >= 15 is 0 Å². The normalized spacial score (nSPS) is 20.7. The Labute approximate surface area is 77.3 Å². The average molecular weight is 183 g/mol. The summed E-state index contributed by atoms with van der Waals surface area (Å²) in [5.41, 5.74) is 2.62. The number of ether oxygens (including phenoxy) is 1. The van der Waals surface area contributed by atoms with Gasteiger partial charge in [-0.2, -0.15) is 0 Å². The van der Waals surface area contributed by atoms with Gasteiger partial charge in [0.25, 0.3) is 0 Å². The van der Waals surface area contributed by atoms with Crippen LogP contribution in [0.1, 0.15) is 22.9 Å². The van der Waals surface area contributed by atoms with Crippen LogP contribution < -0.4 is 4.74 Å². The molecule has 1 aromatic carbocycles. The molecule has 1 aromatic rings. The SMILES string of the molecule is COc1ccc2c(c1)CCC2Cl. The second-order valence-corrected chi connectivity index (χ2v) is 3.60. The van der Waals surface area contributed by atoms with Gasteiger partial charge in [0.15, 0.2) is 0 Å². The van der Waals surface area contributed by atoms with Gasteiger partial charge in [0, 0.05) is 0 Å². The Morgan fingerprint density at radius 2 is 2.33 bits per heavy atom. The van der Waals surface area contributed by atoms with Gasteiger partial charge in [-0.15, -0.1) is 11.6 Å². The molecule has 0 heterocycles. The average Bonchev–Trinajstić information content (AvgIpc) is 2.47. The van der Waals surface area contributed by atoms with Crippen molar-refractivity contribution in [2.45, 2.75) is 18.2 Å². The molecule has 64 valence electrons. The van der Waals surface area contributed by atoms with Crippen LogP contribution in [0.3, 0.4) is 0 Å². The summed E-state index contributed by atoms with van der Waals surface area (Å²) in [7, 11) is 1.69. The molecule has 0 aliphatic heterocycles. The van der Waals surface area contributed by atoms with Crippen molar-refractivity contribution in [1.82, 2.24) is 0 Å². The summed E-state index contributed by atoms with van der Waals surface area (Å²) in [6.45, 7) is 0. The van der Waals surface area contributed by atoms with Crippen LogP contribution in [-0.2, 0) is 6.42 Å². The van der Waals surface area contributed by atoms with Gasteiger partial charge in [-0.1, -0.05) is 6.07 Å². The number of rotatable bonds is 1. The fraction of sp³-hybridized carbons (Fsp3) is 0.400. The molecule has 2 rings (SSSR count). The minimum Gasteiger partial charge on any atom is -0.497 e. The minimum atomic E-state index is 0.214. The van der Waals surface area contributed by atoms with E-state index < -0.39 is 0 Å². The largest absolute Gasteiger partial charge is 0.497 e. The van der Waals surface area contributed by atoms with E-state index in [9.17, 15) is 0 Å². The Morgan fingerprint density at radius 3 is 3.08 bits per heavy atom. The number of benzene rings is 1. The van der Waals surface area contributed by atoms with Crippen molar-refractivity contribution in [1.29, 1.82) is 0 Å². The molecule has 12 heavy (non-hydrogen) atoms. The highest BCUT2D eigenvalue weighted by atomic mass is 35.5. The molecule has 0 bridgehead atoms. The van der Waals surface area contributed by atoms with Crippen LogP contribution in [0.4, 0.5) is 0 Å². The first-order chi connectivity index (χ1) is 5.81. The highest BCUT2D eigenvalue weighted by Gasteiger charge is 2.20. The number of halogens is 1. The predicted octanol–water partition coefficient (Wildman–Crippen LogP) is 2.92.